The Balaban J connectivity index is 0.000000339. The summed E-state index contributed by atoms with van der Waals surface area (Å²) >= 11 is 0. The van der Waals surface area contributed by atoms with Crippen molar-refractivity contribution in [1.82, 2.24) is 19.7 Å². The summed E-state index contributed by atoms with van der Waals surface area (Å²) in [5.41, 5.74) is 0.804. The second kappa shape index (κ2) is 8.36. The van der Waals surface area contributed by atoms with Gasteiger partial charge in [0.25, 0.3) is 5.91 Å². The van der Waals surface area contributed by atoms with Crippen molar-refractivity contribution in [3.63, 3.8) is 0 Å². The zero-order valence-corrected chi connectivity index (χ0v) is 16.5. The van der Waals surface area contributed by atoms with Crippen molar-refractivity contribution in [3.05, 3.63) is 42.5 Å². The van der Waals surface area contributed by atoms with Gasteiger partial charge in [-0.3, -0.25) is 19.3 Å². The van der Waals surface area contributed by atoms with Crippen molar-refractivity contribution < 1.29 is 32.7 Å². The van der Waals surface area contributed by atoms with Gasteiger partial charge >= 0.3 is 12.1 Å². The van der Waals surface area contributed by atoms with Crippen LogP contribution in [0.2, 0.25) is 0 Å². The molecule has 1 atom stereocenters. The van der Waals surface area contributed by atoms with Gasteiger partial charge in [0.2, 0.25) is 5.91 Å². The summed E-state index contributed by atoms with van der Waals surface area (Å²) < 4.78 is 33.4. The lowest BCUT2D eigenvalue weighted by molar-refractivity contribution is -0.192. The number of rotatable bonds is 2. The maximum atomic E-state index is 13.0. The fourth-order valence-electron chi connectivity index (χ4n) is 3.69. The first-order chi connectivity index (χ1) is 14.5. The summed E-state index contributed by atoms with van der Waals surface area (Å²) in [6.45, 7) is 1.75. The minimum absolute atomic E-state index is 0.0971. The number of amides is 2. The van der Waals surface area contributed by atoms with Gasteiger partial charge in [0.1, 0.15) is 5.69 Å². The third-order valence-electron chi connectivity index (χ3n) is 5.28. The van der Waals surface area contributed by atoms with Crippen LogP contribution in [0.4, 0.5) is 18.9 Å². The smallest absolute Gasteiger partial charge is 0.475 e. The summed E-state index contributed by atoms with van der Waals surface area (Å²) in [6, 6.07) is 5.30. The van der Waals surface area contributed by atoms with Crippen LogP contribution in [0.15, 0.2) is 36.8 Å². The Hall–Kier alpha value is -3.44. The predicted molar refractivity (Wildman–Crippen MR) is 101 cm³/mol. The zero-order chi connectivity index (χ0) is 22.8. The number of anilines is 1. The number of carboxylic acids is 1. The van der Waals surface area contributed by atoms with Gasteiger partial charge in [0.15, 0.2) is 0 Å². The molecule has 0 aromatic carbocycles. The second-order valence-corrected chi connectivity index (χ2v) is 7.35. The van der Waals surface area contributed by atoms with Gasteiger partial charge in [-0.2, -0.15) is 18.3 Å². The first kappa shape index (κ1) is 22.2. The standard InChI is InChI=1S/C17H19N5O2.C2HF3O2/c1-20-11-13(10-19-20)22-9-6-17(16(22)24)5-8-21(12-17)15(23)14-4-2-3-7-18-14;3-2(4,5)1(6)7/h2-4,7,10-11H,5-6,8-9,12H2,1H3;(H,6,7). The molecule has 1 N–H and O–H groups in total. The van der Waals surface area contributed by atoms with Crippen LogP contribution in [-0.4, -0.2) is 68.4 Å². The van der Waals surface area contributed by atoms with Crippen LogP contribution in [-0.2, 0) is 16.6 Å². The maximum Gasteiger partial charge on any atom is 0.490 e. The third-order valence-corrected chi connectivity index (χ3v) is 5.28. The lowest BCUT2D eigenvalue weighted by Crippen LogP contribution is -2.38. The Labute approximate surface area is 175 Å². The highest BCUT2D eigenvalue weighted by molar-refractivity contribution is 6.01. The summed E-state index contributed by atoms with van der Waals surface area (Å²) in [6.07, 6.45) is 1.57. The molecular formula is C19H20F3N5O4. The number of likely N-dealkylation sites (tertiary alicyclic amines) is 1. The van der Waals surface area contributed by atoms with Gasteiger partial charge < -0.3 is 14.9 Å². The molecule has 0 saturated carbocycles. The molecule has 4 heterocycles. The van der Waals surface area contributed by atoms with E-state index in [9.17, 15) is 22.8 Å². The number of pyridine rings is 1. The van der Waals surface area contributed by atoms with E-state index in [0.29, 0.717) is 31.7 Å². The lowest BCUT2D eigenvalue weighted by atomic mass is 9.85. The van der Waals surface area contributed by atoms with Crippen LogP contribution in [0, 0.1) is 5.41 Å². The highest BCUT2D eigenvalue weighted by atomic mass is 19.4. The first-order valence-corrected chi connectivity index (χ1v) is 9.34. The van der Waals surface area contributed by atoms with E-state index in [1.54, 1.807) is 45.1 Å². The van der Waals surface area contributed by atoms with E-state index in [0.717, 1.165) is 12.1 Å². The summed E-state index contributed by atoms with van der Waals surface area (Å²) in [5.74, 6) is -2.75. The number of aliphatic carboxylic acids is 1. The van der Waals surface area contributed by atoms with E-state index in [4.69, 9.17) is 9.90 Å². The first-order valence-electron chi connectivity index (χ1n) is 9.34. The molecule has 2 saturated heterocycles. The van der Waals surface area contributed by atoms with E-state index >= 15 is 0 Å². The average Bonchev–Trinajstić information content (AvgIpc) is 3.43. The average molecular weight is 439 g/mol. The number of carbonyl (C=O) groups excluding carboxylic acids is 2. The molecule has 0 bridgehead atoms. The van der Waals surface area contributed by atoms with Crippen LogP contribution >= 0.6 is 0 Å². The zero-order valence-electron chi connectivity index (χ0n) is 16.5. The molecule has 0 radical (unpaired) electrons. The Kier molecular flexibility index (Phi) is 6.00. The third kappa shape index (κ3) is 4.67. The molecule has 2 aliphatic rings. The molecule has 2 aromatic heterocycles. The van der Waals surface area contributed by atoms with Crippen molar-refractivity contribution in [2.24, 2.45) is 12.5 Å². The molecule has 31 heavy (non-hydrogen) atoms. The van der Waals surface area contributed by atoms with E-state index in [1.165, 1.54) is 0 Å². The van der Waals surface area contributed by atoms with Crippen molar-refractivity contribution in [2.75, 3.05) is 24.5 Å². The molecule has 2 aromatic rings. The normalized spacial score (nSPS) is 20.7. The molecule has 12 heteroatoms. The molecular weight excluding hydrogens is 419 g/mol. The number of carboxylic acid groups (broad SMARTS) is 1. The lowest BCUT2D eigenvalue weighted by Gasteiger charge is -2.23. The van der Waals surface area contributed by atoms with Crippen LogP contribution in [0.5, 0.6) is 0 Å². The molecule has 2 aliphatic heterocycles. The van der Waals surface area contributed by atoms with Crippen LogP contribution < -0.4 is 4.90 Å². The molecule has 1 unspecified atom stereocenters. The quantitative estimate of drug-likeness (QED) is 0.763. The maximum absolute atomic E-state index is 13.0. The number of nitrogens with zero attached hydrogens (tertiary/aromatic N) is 5. The van der Waals surface area contributed by atoms with Crippen molar-refractivity contribution >= 4 is 23.5 Å². The molecule has 2 amide bonds. The molecule has 4 rings (SSSR count). The van der Waals surface area contributed by atoms with Crippen LogP contribution in [0.1, 0.15) is 23.3 Å². The molecule has 2 fully saturated rings. The Morgan fingerprint density at radius 3 is 2.42 bits per heavy atom. The van der Waals surface area contributed by atoms with Gasteiger partial charge in [0.05, 0.1) is 17.3 Å². The number of carbonyl (C=O) groups is 3. The Morgan fingerprint density at radius 2 is 1.87 bits per heavy atom. The SMILES string of the molecule is Cn1cc(N2CCC3(CCN(C(=O)c4ccccn4)C3)C2=O)cn1.O=C(O)C(F)(F)F. The van der Waals surface area contributed by atoms with Crippen LogP contribution in [0.3, 0.4) is 0 Å². The number of halogens is 3. The fraction of sp³-hybridized carbons (Fsp3) is 0.421. The summed E-state index contributed by atoms with van der Waals surface area (Å²) in [4.78, 5) is 42.1. The van der Waals surface area contributed by atoms with E-state index < -0.39 is 17.6 Å². The number of aromatic nitrogens is 3. The molecule has 0 aliphatic carbocycles. The van der Waals surface area contributed by atoms with Crippen molar-refractivity contribution in [1.29, 1.82) is 0 Å². The molecule has 1 spiro atoms. The van der Waals surface area contributed by atoms with Gasteiger partial charge in [-0.05, 0) is 25.0 Å². The minimum Gasteiger partial charge on any atom is -0.475 e. The topological polar surface area (TPSA) is 109 Å². The highest BCUT2D eigenvalue weighted by Crippen LogP contribution is 2.42. The number of hydrogen-bond acceptors (Lipinski definition) is 5. The van der Waals surface area contributed by atoms with E-state index in [1.807, 2.05) is 13.2 Å². The Bertz CT molecular complexity index is 978. The fourth-order valence-corrected chi connectivity index (χ4v) is 3.69. The van der Waals surface area contributed by atoms with Gasteiger partial charge in [-0.1, -0.05) is 6.07 Å². The summed E-state index contributed by atoms with van der Waals surface area (Å²) in [7, 11) is 1.84. The number of hydrogen-bond donors (Lipinski definition) is 1. The monoisotopic (exact) mass is 439 g/mol. The summed E-state index contributed by atoms with van der Waals surface area (Å²) in [5, 5.41) is 11.3. The molecule has 9 nitrogen and oxygen atoms in total. The largest absolute Gasteiger partial charge is 0.490 e. The van der Waals surface area contributed by atoms with Gasteiger partial charge in [-0.25, -0.2) is 4.79 Å². The van der Waals surface area contributed by atoms with Gasteiger partial charge in [0, 0.05) is 39.1 Å². The van der Waals surface area contributed by atoms with Gasteiger partial charge in [-0.15, -0.1) is 0 Å². The number of aryl methyl sites for hydroxylation is 1. The van der Waals surface area contributed by atoms with E-state index in [2.05, 4.69) is 10.1 Å². The number of alkyl halides is 3. The predicted octanol–water partition coefficient (Wildman–Crippen LogP) is 1.72. The van der Waals surface area contributed by atoms with E-state index in [-0.39, 0.29) is 11.8 Å². The highest BCUT2D eigenvalue weighted by Gasteiger charge is 2.52. The minimum atomic E-state index is -5.08. The second-order valence-electron chi connectivity index (χ2n) is 7.35. The van der Waals surface area contributed by atoms with Crippen molar-refractivity contribution in [2.45, 2.75) is 19.0 Å². The molecule has 166 valence electrons. The van der Waals surface area contributed by atoms with Crippen molar-refractivity contribution in [3.8, 4) is 0 Å². The Morgan fingerprint density at radius 1 is 1.19 bits per heavy atom. The van der Waals surface area contributed by atoms with Crippen LogP contribution in [0.25, 0.3) is 0 Å².